The molecule has 1 fully saturated rings. The van der Waals surface area contributed by atoms with Crippen LogP contribution in [0.25, 0.3) is 0 Å². The Morgan fingerprint density at radius 2 is 2.00 bits per heavy atom. The molecule has 156 valence electrons. The van der Waals surface area contributed by atoms with Crippen molar-refractivity contribution < 1.29 is 13.9 Å². The van der Waals surface area contributed by atoms with Crippen LogP contribution in [0.5, 0.6) is 0 Å². The summed E-state index contributed by atoms with van der Waals surface area (Å²) in [6.07, 6.45) is 2.56. The maximum atomic E-state index is 14.7. The number of piperazine rings is 1. The third kappa shape index (κ3) is 5.69. The van der Waals surface area contributed by atoms with Gasteiger partial charge in [-0.3, -0.25) is 0 Å². The van der Waals surface area contributed by atoms with Gasteiger partial charge in [-0.1, -0.05) is 17.7 Å². The summed E-state index contributed by atoms with van der Waals surface area (Å²) in [6, 6.07) is 5.12. The summed E-state index contributed by atoms with van der Waals surface area (Å²) in [7, 11) is 0. The Kier molecular flexibility index (Phi) is 6.42. The molecular formula is C20H25ClFN5O2. The van der Waals surface area contributed by atoms with Gasteiger partial charge in [0.25, 0.3) is 0 Å². The number of rotatable bonds is 4. The molecule has 0 atom stereocenters. The van der Waals surface area contributed by atoms with Gasteiger partial charge in [0.1, 0.15) is 28.6 Å². The molecule has 1 amide bonds. The van der Waals surface area contributed by atoms with Crippen LogP contribution in [0, 0.1) is 5.82 Å². The van der Waals surface area contributed by atoms with Gasteiger partial charge >= 0.3 is 6.09 Å². The van der Waals surface area contributed by atoms with E-state index in [-0.39, 0.29) is 11.9 Å². The van der Waals surface area contributed by atoms with Crippen LogP contribution in [0.1, 0.15) is 26.3 Å². The summed E-state index contributed by atoms with van der Waals surface area (Å²) in [5, 5.41) is 3.48. The highest BCUT2D eigenvalue weighted by Crippen LogP contribution is 2.24. The van der Waals surface area contributed by atoms with Crippen molar-refractivity contribution in [3.63, 3.8) is 0 Å². The molecule has 0 unspecified atom stereocenters. The normalized spacial score (nSPS) is 14.7. The SMILES string of the molecule is CC(C)(C)OC(=O)N1CCN(c2ccc(CNc3ncncc3Cl)cc2F)CC1. The first kappa shape index (κ1) is 21.1. The predicted octanol–water partition coefficient (Wildman–Crippen LogP) is 3.94. The summed E-state index contributed by atoms with van der Waals surface area (Å²) in [6.45, 7) is 7.98. The Labute approximate surface area is 174 Å². The van der Waals surface area contributed by atoms with E-state index in [2.05, 4.69) is 15.3 Å². The fourth-order valence-electron chi connectivity index (χ4n) is 3.00. The van der Waals surface area contributed by atoms with Gasteiger partial charge < -0.3 is 19.9 Å². The number of hydrogen-bond acceptors (Lipinski definition) is 6. The lowest BCUT2D eigenvalue weighted by Gasteiger charge is -2.36. The molecule has 1 aromatic carbocycles. The van der Waals surface area contributed by atoms with Crippen molar-refractivity contribution >= 4 is 29.2 Å². The Hall–Kier alpha value is -2.61. The van der Waals surface area contributed by atoms with Crippen LogP contribution in [-0.4, -0.2) is 52.7 Å². The Balaban J connectivity index is 1.57. The van der Waals surface area contributed by atoms with Crippen molar-refractivity contribution in [2.24, 2.45) is 0 Å². The maximum Gasteiger partial charge on any atom is 0.410 e. The number of benzene rings is 1. The van der Waals surface area contributed by atoms with Crippen LogP contribution in [-0.2, 0) is 11.3 Å². The zero-order valence-electron chi connectivity index (χ0n) is 16.8. The Bertz CT molecular complexity index is 866. The van der Waals surface area contributed by atoms with Crippen molar-refractivity contribution in [3.8, 4) is 0 Å². The smallest absolute Gasteiger partial charge is 0.410 e. The number of anilines is 2. The van der Waals surface area contributed by atoms with Gasteiger partial charge in [0.2, 0.25) is 0 Å². The zero-order valence-corrected chi connectivity index (χ0v) is 17.5. The standard InChI is InChI=1S/C20H25ClFN5O2/c1-20(2,3)29-19(28)27-8-6-26(7-9-27)17-5-4-14(10-16(17)22)11-24-18-15(21)12-23-13-25-18/h4-5,10,12-13H,6-9,11H2,1-3H3,(H,23,24,25). The topological polar surface area (TPSA) is 70.6 Å². The monoisotopic (exact) mass is 421 g/mol. The van der Waals surface area contributed by atoms with Gasteiger partial charge in [0.15, 0.2) is 0 Å². The summed E-state index contributed by atoms with van der Waals surface area (Å²) in [5.74, 6) is 0.202. The van der Waals surface area contributed by atoms with Gasteiger partial charge in [-0.05, 0) is 38.5 Å². The van der Waals surface area contributed by atoms with Crippen molar-refractivity contribution in [1.29, 1.82) is 0 Å². The van der Waals surface area contributed by atoms with Gasteiger partial charge in [-0.15, -0.1) is 0 Å². The lowest BCUT2D eigenvalue weighted by Crippen LogP contribution is -2.50. The van der Waals surface area contributed by atoms with Crippen molar-refractivity contribution in [2.75, 3.05) is 36.4 Å². The maximum absolute atomic E-state index is 14.7. The lowest BCUT2D eigenvalue weighted by atomic mass is 10.1. The second-order valence-electron chi connectivity index (χ2n) is 7.81. The number of nitrogens with zero attached hydrogens (tertiary/aromatic N) is 4. The quantitative estimate of drug-likeness (QED) is 0.806. The average Bonchev–Trinajstić information content (AvgIpc) is 2.66. The largest absolute Gasteiger partial charge is 0.444 e. The van der Waals surface area contributed by atoms with E-state index in [0.29, 0.717) is 49.3 Å². The fourth-order valence-corrected chi connectivity index (χ4v) is 3.17. The summed E-state index contributed by atoms with van der Waals surface area (Å²) in [5.41, 5.74) is 0.770. The Morgan fingerprint density at radius 1 is 1.28 bits per heavy atom. The summed E-state index contributed by atoms with van der Waals surface area (Å²) >= 11 is 6.01. The van der Waals surface area contributed by atoms with Crippen LogP contribution >= 0.6 is 11.6 Å². The van der Waals surface area contributed by atoms with E-state index >= 15 is 0 Å². The van der Waals surface area contributed by atoms with Crippen LogP contribution in [0.2, 0.25) is 5.02 Å². The molecule has 1 N–H and O–H groups in total. The average molecular weight is 422 g/mol. The molecule has 1 aliphatic heterocycles. The highest BCUT2D eigenvalue weighted by Gasteiger charge is 2.26. The number of halogens is 2. The molecule has 0 bridgehead atoms. The molecule has 3 rings (SSSR count). The van der Waals surface area contributed by atoms with E-state index in [4.69, 9.17) is 16.3 Å². The molecule has 9 heteroatoms. The molecule has 0 radical (unpaired) electrons. The minimum absolute atomic E-state index is 0.302. The molecule has 2 heterocycles. The number of carbonyl (C=O) groups is 1. The van der Waals surface area contributed by atoms with Crippen LogP contribution in [0.4, 0.5) is 20.7 Å². The first-order valence-corrected chi connectivity index (χ1v) is 9.81. The Morgan fingerprint density at radius 3 is 2.62 bits per heavy atom. The molecule has 0 saturated carbocycles. The first-order valence-electron chi connectivity index (χ1n) is 9.43. The molecule has 0 spiro atoms. The van der Waals surface area contributed by atoms with Gasteiger partial charge in [-0.2, -0.15) is 0 Å². The van der Waals surface area contributed by atoms with E-state index in [1.54, 1.807) is 11.0 Å². The molecule has 1 aromatic heterocycles. The third-order valence-electron chi connectivity index (χ3n) is 4.41. The van der Waals surface area contributed by atoms with Crippen LogP contribution in [0.3, 0.4) is 0 Å². The van der Waals surface area contributed by atoms with Gasteiger partial charge in [-0.25, -0.2) is 19.2 Å². The molecule has 1 saturated heterocycles. The predicted molar refractivity (Wildman–Crippen MR) is 111 cm³/mol. The summed E-state index contributed by atoms with van der Waals surface area (Å²) in [4.78, 5) is 23.6. The van der Waals surface area contributed by atoms with E-state index < -0.39 is 5.60 Å². The van der Waals surface area contributed by atoms with E-state index in [1.807, 2.05) is 31.7 Å². The minimum atomic E-state index is -0.528. The number of hydrogen-bond donors (Lipinski definition) is 1. The first-order chi connectivity index (χ1) is 13.7. The van der Waals surface area contributed by atoms with E-state index in [9.17, 15) is 9.18 Å². The molecule has 2 aromatic rings. The van der Waals surface area contributed by atoms with E-state index in [1.165, 1.54) is 18.6 Å². The molecule has 29 heavy (non-hydrogen) atoms. The van der Waals surface area contributed by atoms with Gasteiger partial charge in [0, 0.05) is 32.7 Å². The summed E-state index contributed by atoms with van der Waals surface area (Å²) < 4.78 is 20.1. The molecule has 7 nitrogen and oxygen atoms in total. The van der Waals surface area contributed by atoms with Crippen molar-refractivity contribution in [1.82, 2.24) is 14.9 Å². The fraction of sp³-hybridized carbons (Fsp3) is 0.450. The molecule has 1 aliphatic rings. The third-order valence-corrected chi connectivity index (χ3v) is 4.69. The van der Waals surface area contributed by atoms with Crippen LogP contribution in [0.15, 0.2) is 30.7 Å². The highest BCUT2D eigenvalue weighted by atomic mass is 35.5. The highest BCUT2D eigenvalue weighted by molar-refractivity contribution is 6.32. The number of carbonyl (C=O) groups excluding carboxylic acids is 1. The van der Waals surface area contributed by atoms with Crippen molar-refractivity contribution in [3.05, 3.63) is 47.1 Å². The second kappa shape index (κ2) is 8.82. The number of amides is 1. The molecule has 0 aliphatic carbocycles. The van der Waals surface area contributed by atoms with Crippen LogP contribution < -0.4 is 10.2 Å². The van der Waals surface area contributed by atoms with Gasteiger partial charge in [0.05, 0.1) is 11.9 Å². The number of ether oxygens (including phenoxy) is 1. The zero-order chi connectivity index (χ0) is 21.0. The molecular weight excluding hydrogens is 397 g/mol. The number of aromatic nitrogens is 2. The lowest BCUT2D eigenvalue weighted by molar-refractivity contribution is 0.0240. The van der Waals surface area contributed by atoms with E-state index in [0.717, 1.165) is 5.56 Å². The number of nitrogens with one attached hydrogen (secondary N) is 1. The minimum Gasteiger partial charge on any atom is -0.444 e. The van der Waals surface area contributed by atoms with Crippen molar-refractivity contribution in [2.45, 2.75) is 32.9 Å². The second-order valence-corrected chi connectivity index (χ2v) is 8.22.